The zero-order valence-electron chi connectivity index (χ0n) is 13.9. The van der Waals surface area contributed by atoms with E-state index < -0.39 is 0 Å². The molecule has 1 heterocycles. The summed E-state index contributed by atoms with van der Waals surface area (Å²) in [6, 6.07) is 0.714. The summed E-state index contributed by atoms with van der Waals surface area (Å²) in [5.74, 6) is 0. The zero-order valence-corrected chi connectivity index (χ0v) is 13.9. The van der Waals surface area contributed by atoms with Crippen LogP contribution >= 0.6 is 0 Å². The van der Waals surface area contributed by atoms with E-state index >= 15 is 0 Å². The molecule has 0 saturated carbocycles. The Morgan fingerprint density at radius 2 is 1.48 bits per heavy atom. The van der Waals surface area contributed by atoms with Crippen LogP contribution in [0.15, 0.2) is 0 Å². The number of unbranched alkanes of at least 4 members (excludes halogenated alkanes) is 1. The molecular formula is C16H34N2O3. The van der Waals surface area contributed by atoms with Gasteiger partial charge in [-0.2, -0.15) is 0 Å². The molecule has 1 N–H and O–H groups in total. The first kappa shape index (κ1) is 18.8. The molecule has 1 aliphatic rings. The summed E-state index contributed by atoms with van der Waals surface area (Å²) >= 11 is 0. The normalized spacial score (nSPS) is 16.7. The molecule has 21 heavy (non-hydrogen) atoms. The van der Waals surface area contributed by atoms with Crippen LogP contribution in [-0.2, 0) is 14.2 Å². The molecular weight excluding hydrogens is 268 g/mol. The Labute approximate surface area is 130 Å². The lowest BCUT2D eigenvalue weighted by Gasteiger charge is -2.31. The number of rotatable bonds is 13. The molecule has 0 aromatic rings. The minimum atomic E-state index is 0.661. The minimum Gasteiger partial charge on any atom is -0.379 e. The molecule has 0 aromatic carbocycles. The van der Waals surface area contributed by atoms with Gasteiger partial charge in [0.25, 0.3) is 0 Å². The van der Waals surface area contributed by atoms with Gasteiger partial charge in [-0.1, -0.05) is 13.3 Å². The molecule has 5 nitrogen and oxygen atoms in total. The van der Waals surface area contributed by atoms with Gasteiger partial charge in [0.1, 0.15) is 0 Å². The first-order valence-corrected chi connectivity index (χ1v) is 8.48. The fourth-order valence-electron chi connectivity index (χ4n) is 2.43. The van der Waals surface area contributed by atoms with Gasteiger partial charge in [-0.05, 0) is 39.4 Å². The van der Waals surface area contributed by atoms with Gasteiger partial charge >= 0.3 is 0 Å². The maximum Gasteiger partial charge on any atom is 0.0701 e. The first-order chi connectivity index (χ1) is 10.3. The molecule has 1 fully saturated rings. The van der Waals surface area contributed by atoms with Gasteiger partial charge in [0.2, 0.25) is 0 Å². The van der Waals surface area contributed by atoms with E-state index in [9.17, 15) is 0 Å². The molecule has 0 unspecified atom stereocenters. The Morgan fingerprint density at radius 3 is 2.10 bits per heavy atom. The third-order valence-corrected chi connectivity index (χ3v) is 3.91. The highest BCUT2D eigenvalue weighted by Crippen LogP contribution is 2.08. The Balaban J connectivity index is 1.79. The van der Waals surface area contributed by atoms with E-state index in [1.54, 1.807) is 0 Å². The Hall–Kier alpha value is -0.200. The predicted molar refractivity (Wildman–Crippen MR) is 85.9 cm³/mol. The third-order valence-electron chi connectivity index (χ3n) is 3.91. The second-order valence-corrected chi connectivity index (χ2v) is 5.65. The van der Waals surface area contributed by atoms with E-state index in [2.05, 4.69) is 24.2 Å². The molecule has 0 atom stereocenters. The summed E-state index contributed by atoms with van der Waals surface area (Å²) < 4.78 is 16.5. The van der Waals surface area contributed by atoms with Gasteiger partial charge in [0.15, 0.2) is 0 Å². The van der Waals surface area contributed by atoms with Gasteiger partial charge in [-0.25, -0.2) is 0 Å². The second-order valence-electron chi connectivity index (χ2n) is 5.65. The van der Waals surface area contributed by atoms with Crippen molar-refractivity contribution in [3.05, 3.63) is 0 Å². The highest BCUT2D eigenvalue weighted by atomic mass is 16.5. The fourth-order valence-corrected chi connectivity index (χ4v) is 2.43. The van der Waals surface area contributed by atoms with Crippen molar-refractivity contribution in [3.8, 4) is 0 Å². The SMILES string of the molecule is CCCCOCCOCCOCCN(C)C1CCNCC1. The van der Waals surface area contributed by atoms with E-state index in [0.717, 1.165) is 39.3 Å². The van der Waals surface area contributed by atoms with Gasteiger partial charge in [-0.15, -0.1) is 0 Å². The highest BCUT2D eigenvalue weighted by Gasteiger charge is 2.16. The Morgan fingerprint density at radius 1 is 0.905 bits per heavy atom. The Bertz CT molecular complexity index is 224. The van der Waals surface area contributed by atoms with Crippen molar-refractivity contribution in [2.24, 2.45) is 0 Å². The molecule has 0 amide bonds. The summed E-state index contributed by atoms with van der Waals surface area (Å²) in [5, 5.41) is 3.40. The maximum atomic E-state index is 5.62. The number of hydrogen-bond donors (Lipinski definition) is 1. The van der Waals surface area contributed by atoms with Crippen molar-refractivity contribution < 1.29 is 14.2 Å². The van der Waals surface area contributed by atoms with Crippen LogP contribution in [-0.4, -0.2) is 77.3 Å². The van der Waals surface area contributed by atoms with Crippen LogP contribution < -0.4 is 5.32 Å². The minimum absolute atomic E-state index is 0.661. The smallest absolute Gasteiger partial charge is 0.0701 e. The molecule has 1 rings (SSSR count). The molecule has 0 spiro atoms. The zero-order chi connectivity index (χ0) is 15.2. The van der Waals surface area contributed by atoms with Gasteiger partial charge in [-0.3, -0.25) is 0 Å². The van der Waals surface area contributed by atoms with Crippen LogP contribution in [0, 0.1) is 0 Å². The topological polar surface area (TPSA) is 43.0 Å². The quantitative estimate of drug-likeness (QED) is 0.523. The van der Waals surface area contributed by atoms with Crippen molar-refractivity contribution >= 4 is 0 Å². The number of ether oxygens (including phenoxy) is 3. The summed E-state index contributed by atoms with van der Waals surface area (Å²) in [6.45, 7) is 9.79. The van der Waals surface area contributed by atoms with Crippen LogP contribution in [0.4, 0.5) is 0 Å². The molecule has 126 valence electrons. The average Bonchev–Trinajstić information content (AvgIpc) is 2.53. The standard InChI is InChI=1S/C16H34N2O3/c1-3-4-10-19-12-14-21-15-13-20-11-9-18(2)16-5-7-17-8-6-16/h16-17H,3-15H2,1-2H3. The van der Waals surface area contributed by atoms with Crippen molar-refractivity contribution in [2.45, 2.75) is 38.6 Å². The second kappa shape index (κ2) is 13.5. The lowest BCUT2D eigenvalue weighted by molar-refractivity contribution is 0.00889. The molecule has 1 aliphatic heterocycles. The van der Waals surface area contributed by atoms with Gasteiger partial charge < -0.3 is 24.4 Å². The van der Waals surface area contributed by atoms with E-state index in [0.29, 0.717) is 32.5 Å². The van der Waals surface area contributed by atoms with Crippen molar-refractivity contribution in [3.63, 3.8) is 0 Å². The Kier molecular flexibility index (Phi) is 12.1. The maximum absolute atomic E-state index is 5.62. The lowest BCUT2D eigenvalue weighted by Crippen LogP contribution is -2.42. The van der Waals surface area contributed by atoms with Crippen LogP contribution in [0.5, 0.6) is 0 Å². The molecule has 0 bridgehead atoms. The van der Waals surface area contributed by atoms with E-state index in [-0.39, 0.29) is 0 Å². The summed E-state index contributed by atoms with van der Waals surface area (Å²) in [5.41, 5.74) is 0. The van der Waals surface area contributed by atoms with Gasteiger partial charge in [0.05, 0.1) is 33.0 Å². The molecule has 5 heteroatoms. The van der Waals surface area contributed by atoms with Crippen LogP contribution in [0.2, 0.25) is 0 Å². The molecule has 0 radical (unpaired) electrons. The van der Waals surface area contributed by atoms with E-state index in [1.807, 2.05) is 0 Å². The fraction of sp³-hybridized carbons (Fsp3) is 1.00. The van der Waals surface area contributed by atoms with Crippen molar-refractivity contribution in [2.75, 3.05) is 66.3 Å². The number of hydrogen-bond acceptors (Lipinski definition) is 5. The summed E-state index contributed by atoms with van der Waals surface area (Å²) in [4.78, 5) is 2.42. The number of nitrogens with zero attached hydrogens (tertiary/aromatic N) is 1. The van der Waals surface area contributed by atoms with Crippen molar-refractivity contribution in [1.82, 2.24) is 10.2 Å². The number of piperidine rings is 1. The molecule has 0 aliphatic carbocycles. The molecule has 0 aromatic heterocycles. The van der Waals surface area contributed by atoms with Crippen molar-refractivity contribution in [1.29, 1.82) is 0 Å². The summed E-state index contributed by atoms with van der Waals surface area (Å²) in [6.07, 6.45) is 4.81. The monoisotopic (exact) mass is 302 g/mol. The number of nitrogens with one attached hydrogen (secondary N) is 1. The van der Waals surface area contributed by atoms with Crippen LogP contribution in [0.3, 0.4) is 0 Å². The number of likely N-dealkylation sites (N-methyl/N-ethyl adjacent to an activating group) is 1. The third kappa shape index (κ3) is 10.2. The molecule has 1 saturated heterocycles. The van der Waals surface area contributed by atoms with Crippen LogP contribution in [0.1, 0.15) is 32.6 Å². The average molecular weight is 302 g/mol. The lowest BCUT2D eigenvalue weighted by atomic mass is 10.1. The predicted octanol–water partition coefficient (Wildman–Crippen LogP) is 1.52. The van der Waals surface area contributed by atoms with Crippen LogP contribution in [0.25, 0.3) is 0 Å². The van der Waals surface area contributed by atoms with E-state index in [1.165, 1.54) is 19.3 Å². The first-order valence-electron chi connectivity index (χ1n) is 8.48. The summed E-state index contributed by atoms with van der Waals surface area (Å²) in [7, 11) is 2.20. The van der Waals surface area contributed by atoms with Gasteiger partial charge in [0, 0.05) is 19.2 Å². The highest BCUT2D eigenvalue weighted by molar-refractivity contribution is 4.75. The largest absolute Gasteiger partial charge is 0.379 e. The van der Waals surface area contributed by atoms with E-state index in [4.69, 9.17) is 14.2 Å².